The maximum atomic E-state index is 12.6. The number of benzene rings is 1. The highest BCUT2D eigenvalue weighted by molar-refractivity contribution is 5.95. The zero-order valence-electron chi connectivity index (χ0n) is 13.2. The lowest BCUT2D eigenvalue weighted by atomic mass is 9.71. The van der Waals surface area contributed by atoms with Crippen LogP contribution in [0.4, 0.5) is 0 Å². The number of likely N-dealkylation sites (tertiary alicyclic amines) is 2. The minimum Gasteiger partial charge on any atom is -0.454 e. The third-order valence-corrected chi connectivity index (χ3v) is 5.23. The lowest BCUT2D eigenvalue weighted by Crippen LogP contribution is -2.62. The lowest BCUT2D eigenvalue weighted by Gasteiger charge is -2.53. The molecular formula is C17H20N2O4. The molecule has 3 aliphatic rings. The van der Waals surface area contributed by atoms with Crippen molar-refractivity contribution in [2.75, 3.05) is 33.0 Å². The molecule has 0 N–H and O–H groups in total. The van der Waals surface area contributed by atoms with Gasteiger partial charge in [0.05, 0.1) is 0 Å². The number of piperidine rings is 1. The van der Waals surface area contributed by atoms with Gasteiger partial charge in [0.15, 0.2) is 11.5 Å². The summed E-state index contributed by atoms with van der Waals surface area (Å²) < 4.78 is 10.6. The van der Waals surface area contributed by atoms with Crippen LogP contribution in [0.2, 0.25) is 0 Å². The molecule has 1 spiro atoms. The van der Waals surface area contributed by atoms with Crippen LogP contribution in [-0.2, 0) is 4.79 Å². The van der Waals surface area contributed by atoms with E-state index in [4.69, 9.17) is 9.47 Å². The number of carbonyl (C=O) groups is 2. The fourth-order valence-corrected chi connectivity index (χ4v) is 3.73. The SMILES string of the molecule is CC(=O)N1CCC2(CC1)CN(C(=O)c1ccc3c(c1)OCO3)C2. The largest absolute Gasteiger partial charge is 0.454 e. The van der Waals surface area contributed by atoms with Gasteiger partial charge in [0.2, 0.25) is 12.7 Å². The predicted octanol–water partition coefficient (Wildman–Crippen LogP) is 1.50. The molecule has 0 radical (unpaired) electrons. The molecule has 2 amide bonds. The van der Waals surface area contributed by atoms with E-state index in [-0.39, 0.29) is 24.0 Å². The van der Waals surface area contributed by atoms with Crippen LogP contribution in [0.15, 0.2) is 18.2 Å². The summed E-state index contributed by atoms with van der Waals surface area (Å²) in [5, 5.41) is 0. The second kappa shape index (κ2) is 5.15. The molecule has 1 aromatic carbocycles. The Morgan fingerprint density at radius 3 is 2.43 bits per heavy atom. The Bertz CT molecular complexity index is 657. The molecule has 1 aromatic rings. The van der Waals surface area contributed by atoms with Crippen molar-refractivity contribution in [1.29, 1.82) is 0 Å². The van der Waals surface area contributed by atoms with Crippen molar-refractivity contribution < 1.29 is 19.1 Å². The molecule has 0 atom stereocenters. The highest BCUT2D eigenvalue weighted by atomic mass is 16.7. The Morgan fingerprint density at radius 2 is 1.74 bits per heavy atom. The quantitative estimate of drug-likeness (QED) is 0.788. The van der Waals surface area contributed by atoms with Crippen LogP contribution < -0.4 is 9.47 Å². The van der Waals surface area contributed by atoms with Crippen LogP contribution in [0.3, 0.4) is 0 Å². The van der Waals surface area contributed by atoms with Crippen molar-refractivity contribution >= 4 is 11.8 Å². The molecule has 122 valence electrons. The van der Waals surface area contributed by atoms with E-state index < -0.39 is 0 Å². The van der Waals surface area contributed by atoms with Crippen molar-refractivity contribution in [2.24, 2.45) is 5.41 Å². The standard InChI is InChI=1S/C17H20N2O4/c1-12(20)18-6-4-17(5-7-18)9-19(10-17)16(21)13-2-3-14-15(8-13)23-11-22-14/h2-3,8H,4-7,9-11H2,1H3. The van der Waals surface area contributed by atoms with Crippen LogP contribution >= 0.6 is 0 Å². The zero-order chi connectivity index (χ0) is 16.0. The van der Waals surface area contributed by atoms with E-state index in [1.807, 2.05) is 9.80 Å². The monoisotopic (exact) mass is 316 g/mol. The van der Waals surface area contributed by atoms with Crippen LogP contribution in [0, 0.1) is 5.41 Å². The van der Waals surface area contributed by atoms with Gasteiger partial charge in [-0.3, -0.25) is 9.59 Å². The summed E-state index contributed by atoms with van der Waals surface area (Å²) in [5.74, 6) is 1.52. The zero-order valence-corrected chi connectivity index (χ0v) is 13.2. The Kier molecular flexibility index (Phi) is 3.21. The average Bonchev–Trinajstić information content (AvgIpc) is 2.99. The van der Waals surface area contributed by atoms with Crippen molar-refractivity contribution in [3.05, 3.63) is 23.8 Å². The second-order valence-corrected chi connectivity index (χ2v) is 6.74. The molecule has 2 saturated heterocycles. The fourth-order valence-electron chi connectivity index (χ4n) is 3.73. The maximum absolute atomic E-state index is 12.6. The maximum Gasteiger partial charge on any atom is 0.254 e. The van der Waals surface area contributed by atoms with Gasteiger partial charge in [-0.1, -0.05) is 0 Å². The molecule has 6 heteroatoms. The summed E-state index contributed by atoms with van der Waals surface area (Å²) in [7, 11) is 0. The van der Waals surface area contributed by atoms with Gasteiger partial charge in [-0.2, -0.15) is 0 Å². The lowest BCUT2D eigenvalue weighted by molar-refractivity contribution is -0.133. The summed E-state index contributed by atoms with van der Waals surface area (Å²) in [5.41, 5.74) is 0.850. The molecule has 0 aliphatic carbocycles. The molecule has 0 aromatic heterocycles. The fraction of sp³-hybridized carbons (Fsp3) is 0.529. The number of amides is 2. The van der Waals surface area contributed by atoms with Crippen molar-refractivity contribution in [3.63, 3.8) is 0 Å². The smallest absolute Gasteiger partial charge is 0.254 e. The van der Waals surface area contributed by atoms with Crippen LogP contribution in [0.25, 0.3) is 0 Å². The second-order valence-electron chi connectivity index (χ2n) is 6.74. The van der Waals surface area contributed by atoms with Gasteiger partial charge in [0.1, 0.15) is 0 Å². The molecule has 3 aliphatic heterocycles. The van der Waals surface area contributed by atoms with E-state index >= 15 is 0 Å². The first-order valence-corrected chi connectivity index (χ1v) is 8.01. The molecular weight excluding hydrogens is 296 g/mol. The number of carbonyl (C=O) groups excluding carboxylic acids is 2. The number of hydrogen-bond donors (Lipinski definition) is 0. The van der Waals surface area contributed by atoms with Gasteiger partial charge < -0.3 is 19.3 Å². The number of rotatable bonds is 1. The average molecular weight is 316 g/mol. The normalized spacial score (nSPS) is 21.3. The minimum atomic E-state index is 0.0444. The first kappa shape index (κ1) is 14.4. The van der Waals surface area contributed by atoms with E-state index in [0.29, 0.717) is 17.1 Å². The molecule has 3 heterocycles. The molecule has 23 heavy (non-hydrogen) atoms. The van der Waals surface area contributed by atoms with Gasteiger partial charge in [-0.05, 0) is 31.0 Å². The summed E-state index contributed by atoms with van der Waals surface area (Å²) >= 11 is 0. The third kappa shape index (κ3) is 2.42. The first-order valence-electron chi connectivity index (χ1n) is 8.01. The Balaban J connectivity index is 1.38. The summed E-state index contributed by atoms with van der Waals surface area (Å²) in [4.78, 5) is 27.8. The van der Waals surface area contributed by atoms with Crippen LogP contribution in [0.5, 0.6) is 11.5 Å². The van der Waals surface area contributed by atoms with E-state index in [0.717, 1.165) is 39.0 Å². The molecule has 0 bridgehead atoms. The van der Waals surface area contributed by atoms with Gasteiger partial charge in [-0.15, -0.1) is 0 Å². The molecule has 6 nitrogen and oxygen atoms in total. The Hall–Kier alpha value is -2.24. The number of fused-ring (bicyclic) bond motifs is 1. The van der Waals surface area contributed by atoms with Crippen molar-refractivity contribution in [3.8, 4) is 11.5 Å². The van der Waals surface area contributed by atoms with Gasteiger partial charge in [0.25, 0.3) is 5.91 Å². The van der Waals surface area contributed by atoms with Crippen molar-refractivity contribution in [2.45, 2.75) is 19.8 Å². The number of ether oxygens (including phenoxy) is 2. The van der Waals surface area contributed by atoms with Gasteiger partial charge >= 0.3 is 0 Å². The first-order chi connectivity index (χ1) is 11.1. The number of hydrogen-bond acceptors (Lipinski definition) is 4. The molecule has 4 rings (SSSR count). The van der Waals surface area contributed by atoms with Crippen molar-refractivity contribution in [1.82, 2.24) is 9.80 Å². The highest BCUT2D eigenvalue weighted by Gasteiger charge is 2.47. The van der Waals surface area contributed by atoms with E-state index in [2.05, 4.69) is 0 Å². The minimum absolute atomic E-state index is 0.0444. The van der Waals surface area contributed by atoms with Gasteiger partial charge in [0, 0.05) is 44.1 Å². The summed E-state index contributed by atoms with van der Waals surface area (Å²) in [6, 6.07) is 5.34. The van der Waals surface area contributed by atoms with Crippen LogP contribution in [-0.4, -0.2) is 54.6 Å². The van der Waals surface area contributed by atoms with E-state index in [9.17, 15) is 9.59 Å². The summed E-state index contributed by atoms with van der Waals surface area (Å²) in [6.07, 6.45) is 1.97. The molecule has 0 unspecified atom stereocenters. The van der Waals surface area contributed by atoms with E-state index in [1.54, 1.807) is 25.1 Å². The number of nitrogens with zero attached hydrogens (tertiary/aromatic N) is 2. The van der Waals surface area contributed by atoms with Gasteiger partial charge in [-0.25, -0.2) is 0 Å². The molecule has 2 fully saturated rings. The summed E-state index contributed by atoms with van der Waals surface area (Å²) in [6.45, 7) is 5.02. The highest BCUT2D eigenvalue weighted by Crippen LogP contribution is 2.41. The topological polar surface area (TPSA) is 59.1 Å². The predicted molar refractivity (Wildman–Crippen MR) is 82.4 cm³/mol. The van der Waals surface area contributed by atoms with E-state index in [1.165, 1.54) is 0 Å². The Morgan fingerprint density at radius 1 is 1.04 bits per heavy atom. The molecule has 0 saturated carbocycles. The third-order valence-electron chi connectivity index (χ3n) is 5.23. The van der Waals surface area contributed by atoms with Crippen LogP contribution in [0.1, 0.15) is 30.1 Å². The Labute approximate surface area is 134 Å².